The molecular formula is C41H39N5O7. The minimum absolute atomic E-state index is 0.0262. The number of hydrazone groups is 1. The van der Waals surface area contributed by atoms with Gasteiger partial charge in [-0.05, 0) is 46.9 Å². The normalized spacial score (nSPS) is 20.3. The number of nitrogens with zero attached hydrogens (tertiary/aromatic N) is 5. The molecule has 270 valence electrons. The summed E-state index contributed by atoms with van der Waals surface area (Å²) in [5.74, 6) is -1.86. The molecule has 12 heteroatoms. The van der Waals surface area contributed by atoms with Crippen LogP contribution in [0, 0.1) is 16.0 Å². The Balaban J connectivity index is 1.10. The van der Waals surface area contributed by atoms with Gasteiger partial charge in [-0.2, -0.15) is 5.10 Å². The van der Waals surface area contributed by atoms with E-state index in [4.69, 9.17) is 0 Å². The molecule has 0 saturated heterocycles. The van der Waals surface area contributed by atoms with Crippen molar-refractivity contribution in [3.63, 3.8) is 0 Å². The molecule has 0 bridgehead atoms. The maximum Gasteiger partial charge on any atom is 0.269 e. The van der Waals surface area contributed by atoms with Crippen molar-refractivity contribution in [2.45, 2.75) is 57.3 Å². The Labute approximate surface area is 306 Å². The number of benzene rings is 4. The molecule has 3 atom stereocenters. The van der Waals surface area contributed by atoms with Crippen molar-refractivity contribution in [2.24, 2.45) is 11.0 Å². The Hall–Kier alpha value is -5.98. The standard InChI is InChI=1S/C41H39N5O7/c1-27(8-7-13-38(48)43-25-31-12-6-5-11-30(31)22-34(43)26-47)41(51)35-23-33(46(52)53)18-20-37(35)44(40(41)50)24-28-14-16-32(17-15-28)45-39(49)21-19-36(42-45)29-9-3-2-4-10-29/h2-12,14-18,20,23,27,34,47,51H,13,19,21-22,24-26H2,1H3/b8-7+/t27-,34-,41+/m0/s1. The van der Waals surface area contributed by atoms with Crippen LogP contribution in [0.1, 0.15) is 54.0 Å². The minimum atomic E-state index is -2.15. The summed E-state index contributed by atoms with van der Waals surface area (Å²) in [7, 11) is 0. The van der Waals surface area contributed by atoms with E-state index in [1.807, 2.05) is 54.6 Å². The lowest BCUT2D eigenvalue weighted by Crippen LogP contribution is -2.46. The Morgan fingerprint density at radius 2 is 1.72 bits per heavy atom. The number of aliphatic hydroxyl groups excluding tert-OH is 1. The maximum atomic E-state index is 14.2. The molecule has 4 aromatic rings. The Kier molecular flexibility index (Phi) is 9.74. The molecule has 2 N–H and O–H groups in total. The van der Waals surface area contributed by atoms with Gasteiger partial charge in [0.25, 0.3) is 11.6 Å². The molecule has 0 radical (unpaired) electrons. The van der Waals surface area contributed by atoms with Crippen molar-refractivity contribution < 1.29 is 29.5 Å². The van der Waals surface area contributed by atoms with Crippen LogP contribution in [0.15, 0.2) is 114 Å². The van der Waals surface area contributed by atoms with Crippen LogP contribution in [0.2, 0.25) is 0 Å². The quantitative estimate of drug-likeness (QED) is 0.127. The number of fused-ring (bicyclic) bond motifs is 2. The summed E-state index contributed by atoms with van der Waals surface area (Å²) in [5.41, 5.74) is 3.15. The van der Waals surface area contributed by atoms with Gasteiger partial charge >= 0.3 is 0 Å². The highest BCUT2D eigenvalue weighted by Gasteiger charge is 2.53. The average molecular weight is 714 g/mol. The average Bonchev–Trinajstić information content (AvgIpc) is 3.40. The smallest absolute Gasteiger partial charge is 0.269 e. The summed E-state index contributed by atoms with van der Waals surface area (Å²) in [5, 5.41) is 39.9. The van der Waals surface area contributed by atoms with Gasteiger partial charge in [-0.3, -0.25) is 24.5 Å². The molecule has 12 nitrogen and oxygen atoms in total. The number of rotatable bonds is 10. The first-order chi connectivity index (χ1) is 25.6. The molecular weight excluding hydrogens is 674 g/mol. The molecule has 3 aliphatic heterocycles. The topological polar surface area (TPSA) is 157 Å². The summed E-state index contributed by atoms with van der Waals surface area (Å²) in [6.07, 6.45) is 4.55. The largest absolute Gasteiger partial charge is 0.394 e. The number of aliphatic hydroxyl groups is 2. The fourth-order valence-corrected chi connectivity index (χ4v) is 7.39. The van der Waals surface area contributed by atoms with Crippen molar-refractivity contribution in [3.8, 4) is 0 Å². The zero-order valence-electron chi connectivity index (χ0n) is 29.2. The van der Waals surface area contributed by atoms with E-state index in [9.17, 15) is 34.7 Å². The highest BCUT2D eigenvalue weighted by Crippen LogP contribution is 2.47. The highest BCUT2D eigenvalue weighted by atomic mass is 16.6. The van der Waals surface area contributed by atoms with Gasteiger partial charge in [-0.15, -0.1) is 0 Å². The Morgan fingerprint density at radius 3 is 2.43 bits per heavy atom. The van der Waals surface area contributed by atoms with E-state index < -0.39 is 22.3 Å². The SMILES string of the molecule is C[C@@H](/C=C/CC(=O)N1Cc2ccccc2C[C@H]1CO)[C@]1(O)C(=O)N(Cc2ccc(N3N=C(c4ccccc4)CCC3=O)cc2)c2ccc([N+](=O)[O-])cc21. The zero-order valence-corrected chi connectivity index (χ0v) is 29.2. The second kappa shape index (κ2) is 14.6. The van der Waals surface area contributed by atoms with Gasteiger partial charge in [0.2, 0.25) is 11.8 Å². The molecule has 7 rings (SSSR count). The predicted molar refractivity (Wildman–Crippen MR) is 199 cm³/mol. The van der Waals surface area contributed by atoms with Crippen LogP contribution in [0.3, 0.4) is 0 Å². The van der Waals surface area contributed by atoms with E-state index in [-0.39, 0.29) is 48.7 Å². The van der Waals surface area contributed by atoms with Gasteiger partial charge in [0, 0.05) is 49.4 Å². The van der Waals surface area contributed by atoms with Crippen molar-refractivity contribution in [1.29, 1.82) is 0 Å². The molecule has 0 saturated carbocycles. The van der Waals surface area contributed by atoms with E-state index in [0.717, 1.165) is 22.4 Å². The number of hydrogen-bond acceptors (Lipinski definition) is 8. The number of nitro groups is 1. The molecule has 53 heavy (non-hydrogen) atoms. The molecule has 3 amide bonds. The van der Waals surface area contributed by atoms with E-state index in [2.05, 4.69) is 5.10 Å². The van der Waals surface area contributed by atoms with Gasteiger partial charge in [0.1, 0.15) is 0 Å². The summed E-state index contributed by atoms with van der Waals surface area (Å²) < 4.78 is 0. The van der Waals surface area contributed by atoms with Gasteiger partial charge in [0.15, 0.2) is 5.60 Å². The van der Waals surface area contributed by atoms with Crippen molar-refractivity contribution in [3.05, 3.63) is 147 Å². The lowest BCUT2D eigenvalue weighted by molar-refractivity contribution is -0.385. The van der Waals surface area contributed by atoms with Crippen molar-refractivity contribution >= 4 is 40.5 Å². The Bertz CT molecular complexity index is 2130. The fraction of sp³-hybridized carbons (Fsp3) is 0.268. The van der Waals surface area contributed by atoms with Gasteiger partial charge in [0.05, 0.1) is 41.2 Å². The zero-order chi connectivity index (χ0) is 37.3. The molecule has 0 unspecified atom stereocenters. The first-order valence-electron chi connectivity index (χ1n) is 17.6. The lowest BCUT2D eigenvalue weighted by Gasteiger charge is -2.36. The van der Waals surface area contributed by atoms with Crippen LogP contribution in [0.25, 0.3) is 0 Å². The monoisotopic (exact) mass is 713 g/mol. The summed E-state index contributed by atoms with van der Waals surface area (Å²) >= 11 is 0. The third-order valence-electron chi connectivity index (χ3n) is 10.4. The summed E-state index contributed by atoms with van der Waals surface area (Å²) in [4.78, 5) is 54.6. The first-order valence-corrected chi connectivity index (χ1v) is 17.6. The van der Waals surface area contributed by atoms with E-state index in [1.54, 1.807) is 48.2 Å². The van der Waals surface area contributed by atoms with Crippen LogP contribution in [0.5, 0.6) is 0 Å². The van der Waals surface area contributed by atoms with Crippen molar-refractivity contribution in [2.75, 3.05) is 16.5 Å². The molecule has 0 aromatic heterocycles. The van der Waals surface area contributed by atoms with E-state index in [0.29, 0.717) is 42.7 Å². The summed E-state index contributed by atoms with van der Waals surface area (Å²) in [6, 6.07) is 28.2. The number of nitro benzene ring substituents is 1. The third kappa shape index (κ3) is 6.74. The number of anilines is 2. The lowest BCUT2D eigenvalue weighted by atomic mass is 9.82. The predicted octanol–water partition coefficient (Wildman–Crippen LogP) is 5.39. The van der Waals surface area contributed by atoms with Crippen LogP contribution < -0.4 is 9.91 Å². The number of amides is 3. The molecule has 4 aromatic carbocycles. The summed E-state index contributed by atoms with van der Waals surface area (Å²) in [6.45, 7) is 1.87. The molecule has 0 fully saturated rings. The number of carbonyl (C=O) groups is 3. The van der Waals surface area contributed by atoms with Crippen LogP contribution in [0.4, 0.5) is 17.1 Å². The highest BCUT2D eigenvalue weighted by molar-refractivity contribution is 6.09. The first kappa shape index (κ1) is 35.4. The third-order valence-corrected chi connectivity index (χ3v) is 10.4. The van der Waals surface area contributed by atoms with Crippen molar-refractivity contribution in [1.82, 2.24) is 4.90 Å². The van der Waals surface area contributed by atoms with Crippen LogP contribution in [-0.4, -0.2) is 56.1 Å². The minimum Gasteiger partial charge on any atom is -0.394 e. The van der Waals surface area contributed by atoms with Gasteiger partial charge < -0.3 is 20.0 Å². The number of carbonyl (C=O) groups excluding carboxylic acids is 3. The van der Waals surface area contributed by atoms with E-state index >= 15 is 0 Å². The van der Waals surface area contributed by atoms with Crippen LogP contribution in [-0.2, 0) is 39.5 Å². The van der Waals surface area contributed by atoms with Gasteiger partial charge in [-0.25, -0.2) is 5.01 Å². The van der Waals surface area contributed by atoms with Gasteiger partial charge in [-0.1, -0.05) is 85.8 Å². The second-order valence-electron chi connectivity index (χ2n) is 13.7. The van der Waals surface area contributed by atoms with Crippen LogP contribution >= 0.6 is 0 Å². The molecule has 0 spiro atoms. The number of non-ortho nitro benzene ring substituents is 1. The maximum absolute atomic E-state index is 14.2. The molecule has 3 aliphatic rings. The van der Waals surface area contributed by atoms with E-state index in [1.165, 1.54) is 28.1 Å². The molecule has 3 heterocycles. The fourth-order valence-electron chi connectivity index (χ4n) is 7.39. The second-order valence-corrected chi connectivity index (χ2v) is 13.7. The molecule has 0 aliphatic carbocycles. The number of hydrogen-bond donors (Lipinski definition) is 2. The Morgan fingerprint density at radius 1 is 1.00 bits per heavy atom.